The third kappa shape index (κ3) is 3.97. The number of morpholine rings is 1. The summed E-state index contributed by atoms with van der Waals surface area (Å²) in [6.45, 7) is 3.11. The first-order chi connectivity index (χ1) is 10.8. The molecule has 0 spiro atoms. The van der Waals surface area contributed by atoms with Crippen LogP contribution in [0.2, 0.25) is 0 Å². The smallest absolute Gasteiger partial charge is 0.270 e. The Morgan fingerprint density at radius 1 is 1.14 bits per heavy atom. The number of hydrogen-bond acceptors (Lipinski definition) is 4. The van der Waals surface area contributed by atoms with Gasteiger partial charge in [-0.05, 0) is 25.0 Å². The normalized spacial score (nSPS) is 20.5. The van der Waals surface area contributed by atoms with E-state index in [1.165, 1.54) is 25.7 Å². The van der Waals surface area contributed by atoms with Gasteiger partial charge in [0.05, 0.1) is 13.2 Å². The summed E-state index contributed by atoms with van der Waals surface area (Å²) >= 11 is 0. The number of hydrogen-bond donors (Lipinski definition) is 1. The van der Waals surface area contributed by atoms with Crippen LogP contribution in [0.5, 0.6) is 0 Å². The summed E-state index contributed by atoms with van der Waals surface area (Å²) in [5, 5.41) is 3.16. The van der Waals surface area contributed by atoms with Crippen molar-refractivity contribution in [2.45, 2.75) is 44.6 Å². The quantitative estimate of drug-likeness (QED) is 0.871. The van der Waals surface area contributed by atoms with Crippen molar-refractivity contribution in [3.8, 4) is 0 Å². The van der Waals surface area contributed by atoms with Gasteiger partial charge in [-0.2, -0.15) is 0 Å². The predicted octanol–water partition coefficient (Wildman–Crippen LogP) is 2.37. The minimum absolute atomic E-state index is 0.0398. The number of nitrogens with zero attached hydrogens (tertiary/aromatic N) is 2. The van der Waals surface area contributed by atoms with Gasteiger partial charge < -0.3 is 15.0 Å². The van der Waals surface area contributed by atoms with E-state index < -0.39 is 0 Å². The van der Waals surface area contributed by atoms with E-state index >= 15 is 0 Å². The molecule has 1 saturated heterocycles. The fraction of sp³-hybridized carbons (Fsp3) is 0.647. The molecule has 5 heteroatoms. The summed E-state index contributed by atoms with van der Waals surface area (Å²) in [7, 11) is 0. The van der Waals surface area contributed by atoms with Crippen LogP contribution in [0.15, 0.2) is 18.2 Å². The second-order valence-corrected chi connectivity index (χ2v) is 6.14. The minimum atomic E-state index is -0.0398. The minimum Gasteiger partial charge on any atom is -0.378 e. The van der Waals surface area contributed by atoms with E-state index in [1.54, 1.807) is 6.07 Å². The lowest BCUT2D eigenvalue weighted by Gasteiger charge is -2.28. The Labute approximate surface area is 132 Å². The molecule has 0 radical (unpaired) electrons. The number of aromatic nitrogens is 1. The van der Waals surface area contributed by atoms with Crippen molar-refractivity contribution in [2.75, 3.05) is 31.2 Å². The van der Waals surface area contributed by atoms with Crippen LogP contribution in [0.25, 0.3) is 0 Å². The van der Waals surface area contributed by atoms with E-state index in [0.29, 0.717) is 11.7 Å². The van der Waals surface area contributed by atoms with E-state index in [-0.39, 0.29) is 5.91 Å². The maximum Gasteiger partial charge on any atom is 0.270 e. The van der Waals surface area contributed by atoms with Gasteiger partial charge in [-0.3, -0.25) is 4.79 Å². The van der Waals surface area contributed by atoms with Gasteiger partial charge in [0.1, 0.15) is 11.5 Å². The zero-order chi connectivity index (χ0) is 15.2. The fourth-order valence-corrected chi connectivity index (χ4v) is 3.20. The predicted molar refractivity (Wildman–Crippen MR) is 86.2 cm³/mol. The van der Waals surface area contributed by atoms with Gasteiger partial charge in [0.2, 0.25) is 0 Å². The van der Waals surface area contributed by atoms with E-state index in [9.17, 15) is 4.79 Å². The molecule has 1 aliphatic carbocycles. The lowest BCUT2D eigenvalue weighted by atomic mass is 10.1. The summed E-state index contributed by atoms with van der Waals surface area (Å²) in [5.41, 5.74) is 0.522. The molecule has 120 valence electrons. The Morgan fingerprint density at radius 3 is 2.59 bits per heavy atom. The Hall–Kier alpha value is -1.62. The average molecular weight is 303 g/mol. The average Bonchev–Trinajstić information content (AvgIpc) is 2.84. The molecule has 0 bridgehead atoms. The number of carbonyl (C=O) groups excluding carboxylic acids is 1. The number of nitrogens with one attached hydrogen (secondary N) is 1. The molecule has 3 rings (SSSR count). The molecule has 2 fully saturated rings. The zero-order valence-electron chi connectivity index (χ0n) is 13.1. The third-order valence-corrected chi connectivity index (χ3v) is 4.49. The molecular weight excluding hydrogens is 278 g/mol. The SMILES string of the molecule is O=C(NC1CCCCCC1)c1cccc(N2CCOCC2)n1. The number of ether oxygens (including phenoxy) is 1. The molecule has 1 aliphatic heterocycles. The second kappa shape index (κ2) is 7.58. The molecular formula is C17H25N3O2. The van der Waals surface area contributed by atoms with Crippen LogP contribution in [-0.2, 0) is 4.74 Å². The largest absolute Gasteiger partial charge is 0.378 e. The number of amides is 1. The number of carbonyl (C=O) groups is 1. The molecule has 0 unspecified atom stereocenters. The van der Waals surface area contributed by atoms with E-state index in [0.717, 1.165) is 45.0 Å². The summed E-state index contributed by atoms with van der Waals surface area (Å²) in [4.78, 5) is 19.2. The highest BCUT2D eigenvalue weighted by Crippen LogP contribution is 2.18. The van der Waals surface area contributed by atoms with Crippen molar-refractivity contribution in [3.05, 3.63) is 23.9 Å². The molecule has 0 aromatic carbocycles. The Kier molecular flexibility index (Phi) is 5.27. The Balaban J connectivity index is 1.64. The Morgan fingerprint density at radius 2 is 1.86 bits per heavy atom. The molecule has 5 nitrogen and oxygen atoms in total. The molecule has 1 aromatic heterocycles. The molecule has 2 heterocycles. The number of anilines is 1. The van der Waals surface area contributed by atoms with Crippen LogP contribution in [0, 0.1) is 0 Å². The second-order valence-electron chi connectivity index (χ2n) is 6.14. The summed E-state index contributed by atoms with van der Waals surface area (Å²) in [6, 6.07) is 5.99. The van der Waals surface area contributed by atoms with Crippen molar-refractivity contribution in [1.82, 2.24) is 10.3 Å². The van der Waals surface area contributed by atoms with E-state index in [1.807, 2.05) is 12.1 Å². The van der Waals surface area contributed by atoms with Gasteiger partial charge in [-0.25, -0.2) is 4.98 Å². The number of rotatable bonds is 3. The van der Waals surface area contributed by atoms with E-state index in [4.69, 9.17) is 4.74 Å². The van der Waals surface area contributed by atoms with Gasteiger partial charge in [0.15, 0.2) is 0 Å². The van der Waals surface area contributed by atoms with Crippen LogP contribution in [0.1, 0.15) is 49.0 Å². The van der Waals surface area contributed by atoms with Crippen molar-refractivity contribution in [3.63, 3.8) is 0 Å². The van der Waals surface area contributed by atoms with Crippen LogP contribution in [0.4, 0.5) is 5.82 Å². The topological polar surface area (TPSA) is 54.5 Å². The van der Waals surface area contributed by atoms with Crippen molar-refractivity contribution in [1.29, 1.82) is 0 Å². The molecule has 22 heavy (non-hydrogen) atoms. The van der Waals surface area contributed by atoms with Crippen LogP contribution in [-0.4, -0.2) is 43.2 Å². The van der Waals surface area contributed by atoms with Gasteiger partial charge in [0.25, 0.3) is 5.91 Å². The van der Waals surface area contributed by atoms with Crippen molar-refractivity contribution < 1.29 is 9.53 Å². The Bertz CT molecular complexity index is 492. The zero-order valence-corrected chi connectivity index (χ0v) is 13.1. The first-order valence-electron chi connectivity index (χ1n) is 8.43. The van der Waals surface area contributed by atoms with Crippen molar-refractivity contribution >= 4 is 11.7 Å². The lowest BCUT2D eigenvalue weighted by Crippen LogP contribution is -2.38. The summed E-state index contributed by atoms with van der Waals surface area (Å²) < 4.78 is 5.36. The molecule has 2 aliphatic rings. The van der Waals surface area contributed by atoms with Crippen LogP contribution < -0.4 is 10.2 Å². The van der Waals surface area contributed by atoms with Gasteiger partial charge >= 0.3 is 0 Å². The molecule has 1 amide bonds. The number of pyridine rings is 1. The fourth-order valence-electron chi connectivity index (χ4n) is 3.20. The molecule has 1 N–H and O–H groups in total. The van der Waals surface area contributed by atoms with Gasteiger partial charge in [-0.15, -0.1) is 0 Å². The summed E-state index contributed by atoms with van der Waals surface area (Å²) in [5.74, 6) is 0.832. The van der Waals surface area contributed by atoms with Crippen molar-refractivity contribution in [2.24, 2.45) is 0 Å². The van der Waals surface area contributed by atoms with Gasteiger partial charge in [-0.1, -0.05) is 31.7 Å². The first kappa shape index (κ1) is 15.3. The summed E-state index contributed by atoms with van der Waals surface area (Å²) in [6.07, 6.45) is 7.19. The first-order valence-corrected chi connectivity index (χ1v) is 8.43. The maximum absolute atomic E-state index is 12.4. The highest BCUT2D eigenvalue weighted by atomic mass is 16.5. The molecule has 1 aromatic rings. The monoisotopic (exact) mass is 303 g/mol. The third-order valence-electron chi connectivity index (χ3n) is 4.49. The molecule has 0 atom stereocenters. The van der Waals surface area contributed by atoms with Crippen LogP contribution in [0.3, 0.4) is 0 Å². The maximum atomic E-state index is 12.4. The highest BCUT2D eigenvalue weighted by Gasteiger charge is 2.18. The van der Waals surface area contributed by atoms with Crippen LogP contribution >= 0.6 is 0 Å². The standard InChI is InChI=1S/C17H25N3O2/c21-17(18-14-6-3-1-2-4-7-14)15-8-5-9-16(19-15)20-10-12-22-13-11-20/h5,8-9,14H,1-4,6-7,10-13H2,(H,18,21). The van der Waals surface area contributed by atoms with E-state index in [2.05, 4.69) is 15.2 Å². The lowest BCUT2D eigenvalue weighted by molar-refractivity contribution is 0.0928. The van der Waals surface area contributed by atoms with Gasteiger partial charge in [0, 0.05) is 19.1 Å². The highest BCUT2D eigenvalue weighted by molar-refractivity contribution is 5.92. The molecule has 1 saturated carbocycles.